The summed E-state index contributed by atoms with van der Waals surface area (Å²) in [6.45, 7) is 4.59. The van der Waals surface area contributed by atoms with Crippen molar-refractivity contribution in [1.29, 1.82) is 0 Å². The predicted molar refractivity (Wildman–Crippen MR) is 124 cm³/mol. The molecule has 0 unspecified atom stereocenters. The van der Waals surface area contributed by atoms with Crippen LogP contribution in [0.2, 0.25) is 0 Å². The number of hydrogen-bond donors (Lipinski definition) is 2. The van der Waals surface area contributed by atoms with Gasteiger partial charge in [-0.25, -0.2) is 0 Å². The molecule has 0 fully saturated rings. The van der Waals surface area contributed by atoms with Crippen molar-refractivity contribution < 1.29 is 17.5 Å². The van der Waals surface area contributed by atoms with Gasteiger partial charge in [-0.3, -0.25) is 9.11 Å². The van der Waals surface area contributed by atoms with Crippen LogP contribution in [-0.4, -0.2) is 17.5 Å². The second-order valence-corrected chi connectivity index (χ2v) is 8.85. The first-order chi connectivity index (χ1) is 13.9. The Balaban J connectivity index is 0.00000139. The van der Waals surface area contributed by atoms with Crippen molar-refractivity contribution in [2.45, 2.75) is 117 Å². The molecular weight excluding hydrogens is 384 g/mol. The maximum absolute atomic E-state index is 8.74. The highest BCUT2D eigenvalue weighted by Crippen LogP contribution is 2.17. The summed E-state index contributed by atoms with van der Waals surface area (Å²) < 4.78 is 31.6. The van der Waals surface area contributed by atoms with Crippen molar-refractivity contribution in [3.05, 3.63) is 35.4 Å². The van der Waals surface area contributed by atoms with Gasteiger partial charge in [-0.05, 0) is 36.8 Å². The zero-order chi connectivity index (χ0) is 21.8. The molecular formula is C24H44O4S. The molecule has 0 bridgehead atoms. The molecule has 0 aliphatic carbocycles. The minimum absolute atomic E-state index is 1.29. The van der Waals surface area contributed by atoms with Gasteiger partial charge in [-0.1, -0.05) is 115 Å². The van der Waals surface area contributed by atoms with Crippen molar-refractivity contribution in [3.8, 4) is 0 Å². The molecule has 5 heteroatoms. The van der Waals surface area contributed by atoms with Crippen LogP contribution in [-0.2, 0) is 23.2 Å². The number of hydrogen-bond acceptors (Lipinski definition) is 2. The van der Waals surface area contributed by atoms with Gasteiger partial charge in [0.15, 0.2) is 0 Å². The highest BCUT2D eigenvalue weighted by molar-refractivity contribution is 7.79. The molecule has 0 spiro atoms. The molecule has 1 rings (SSSR count). The van der Waals surface area contributed by atoms with Gasteiger partial charge in [0.25, 0.3) is 0 Å². The maximum Gasteiger partial charge on any atom is 0.394 e. The zero-order valence-electron chi connectivity index (χ0n) is 18.7. The predicted octanol–water partition coefficient (Wildman–Crippen LogP) is 7.62. The van der Waals surface area contributed by atoms with Crippen LogP contribution in [0.4, 0.5) is 0 Å². The molecule has 0 atom stereocenters. The third-order valence-corrected chi connectivity index (χ3v) is 5.22. The normalized spacial score (nSPS) is 11.2. The third-order valence-electron chi connectivity index (χ3n) is 5.22. The highest BCUT2D eigenvalue weighted by atomic mass is 32.3. The first-order valence-corrected chi connectivity index (χ1v) is 13.0. The van der Waals surface area contributed by atoms with Gasteiger partial charge in [0.2, 0.25) is 0 Å². The van der Waals surface area contributed by atoms with Crippen LogP contribution in [0.25, 0.3) is 0 Å². The first kappa shape index (κ1) is 28.1. The quantitative estimate of drug-likeness (QED) is 0.210. The van der Waals surface area contributed by atoms with E-state index < -0.39 is 10.4 Å². The van der Waals surface area contributed by atoms with Gasteiger partial charge in [0.1, 0.15) is 0 Å². The molecule has 2 N–H and O–H groups in total. The van der Waals surface area contributed by atoms with Crippen molar-refractivity contribution >= 4 is 10.4 Å². The summed E-state index contributed by atoms with van der Waals surface area (Å²) in [5, 5.41) is 0. The van der Waals surface area contributed by atoms with E-state index in [9.17, 15) is 0 Å². The molecule has 0 saturated heterocycles. The molecule has 0 radical (unpaired) electrons. The van der Waals surface area contributed by atoms with E-state index in [1.54, 1.807) is 11.1 Å². The lowest BCUT2D eigenvalue weighted by Gasteiger charge is -2.10. The summed E-state index contributed by atoms with van der Waals surface area (Å²) in [6, 6.07) is 9.19. The minimum atomic E-state index is -4.67. The van der Waals surface area contributed by atoms with Crippen molar-refractivity contribution in [1.82, 2.24) is 0 Å². The number of rotatable bonds is 16. The average Bonchev–Trinajstić information content (AvgIpc) is 2.66. The van der Waals surface area contributed by atoms with E-state index in [1.807, 2.05) is 0 Å². The Morgan fingerprint density at radius 1 is 0.586 bits per heavy atom. The number of benzene rings is 1. The minimum Gasteiger partial charge on any atom is -0.264 e. The molecule has 1 aromatic rings. The van der Waals surface area contributed by atoms with Crippen molar-refractivity contribution in [3.63, 3.8) is 0 Å². The van der Waals surface area contributed by atoms with Gasteiger partial charge >= 0.3 is 10.4 Å². The third kappa shape index (κ3) is 21.6. The molecule has 1 aromatic carbocycles. The van der Waals surface area contributed by atoms with E-state index in [0.29, 0.717) is 0 Å². The Kier molecular flexibility index (Phi) is 18.5. The number of aryl methyl sites for hydroxylation is 2. The number of unbranched alkanes of at least 4 members (excludes halogenated alkanes) is 12. The fourth-order valence-corrected chi connectivity index (χ4v) is 3.59. The fraction of sp³-hybridized carbons (Fsp3) is 0.750. The summed E-state index contributed by atoms with van der Waals surface area (Å²) in [4.78, 5) is 0. The lowest BCUT2D eigenvalue weighted by Crippen LogP contribution is -1.95. The van der Waals surface area contributed by atoms with Gasteiger partial charge in [0, 0.05) is 0 Å². The van der Waals surface area contributed by atoms with E-state index in [-0.39, 0.29) is 0 Å². The Morgan fingerprint density at radius 3 is 1.17 bits per heavy atom. The largest absolute Gasteiger partial charge is 0.394 e. The summed E-state index contributed by atoms with van der Waals surface area (Å²) in [5.41, 5.74) is 3.24. The smallest absolute Gasteiger partial charge is 0.264 e. The standard InChI is InChI=1S/C24H42.H2O4S/c1-3-5-7-9-11-13-15-19-23-21-17-18-22-24(23)20-16-14-12-10-8-6-4-2;1-5(2,3)4/h17-18,21-22H,3-16,19-20H2,1-2H3;(H2,1,2,3,4). The van der Waals surface area contributed by atoms with Crippen molar-refractivity contribution in [2.75, 3.05) is 0 Å². The molecule has 0 amide bonds. The Morgan fingerprint density at radius 2 is 0.862 bits per heavy atom. The summed E-state index contributed by atoms with van der Waals surface area (Å²) in [6.07, 6.45) is 22.3. The second kappa shape index (κ2) is 19.1. The van der Waals surface area contributed by atoms with Crippen LogP contribution in [0, 0.1) is 0 Å². The summed E-state index contributed by atoms with van der Waals surface area (Å²) >= 11 is 0. The van der Waals surface area contributed by atoms with Crippen LogP contribution < -0.4 is 0 Å². The topological polar surface area (TPSA) is 74.6 Å². The van der Waals surface area contributed by atoms with Gasteiger partial charge < -0.3 is 0 Å². The molecule has 0 saturated carbocycles. The Labute approximate surface area is 180 Å². The molecule has 29 heavy (non-hydrogen) atoms. The van der Waals surface area contributed by atoms with Crippen LogP contribution in [0.1, 0.15) is 115 Å². The van der Waals surface area contributed by atoms with E-state index >= 15 is 0 Å². The maximum atomic E-state index is 8.74. The summed E-state index contributed by atoms with van der Waals surface area (Å²) in [7, 11) is -4.67. The lowest BCUT2D eigenvalue weighted by molar-refractivity contribution is 0.381. The van der Waals surface area contributed by atoms with Crippen LogP contribution in [0.5, 0.6) is 0 Å². The average molecular weight is 429 g/mol. The monoisotopic (exact) mass is 428 g/mol. The highest BCUT2D eigenvalue weighted by Gasteiger charge is 2.02. The van der Waals surface area contributed by atoms with Crippen LogP contribution >= 0.6 is 0 Å². The Hall–Kier alpha value is -0.910. The van der Waals surface area contributed by atoms with E-state index in [0.717, 1.165) is 0 Å². The molecule has 4 nitrogen and oxygen atoms in total. The van der Waals surface area contributed by atoms with E-state index in [1.165, 1.54) is 103 Å². The Bertz CT molecular complexity index is 539. The summed E-state index contributed by atoms with van der Waals surface area (Å²) in [5.74, 6) is 0. The van der Waals surface area contributed by atoms with Crippen LogP contribution in [0.3, 0.4) is 0 Å². The van der Waals surface area contributed by atoms with E-state index in [2.05, 4.69) is 38.1 Å². The lowest BCUT2D eigenvalue weighted by atomic mass is 9.96. The van der Waals surface area contributed by atoms with Gasteiger partial charge in [-0.15, -0.1) is 0 Å². The van der Waals surface area contributed by atoms with Gasteiger partial charge in [0.05, 0.1) is 0 Å². The SMILES string of the molecule is CCCCCCCCCc1ccccc1CCCCCCCCC.O=S(=O)(O)O. The molecule has 0 heterocycles. The molecule has 0 aliphatic heterocycles. The van der Waals surface area contributed by atoms with E-state index in [4.69, 9.17) is 17.5 Å². The second-order valence-electron chi connectivity index (χ2n) is 7.96. The zero-order valence-corrected chi connectivity index (χ0v) is 19.6. The van der Waals surface area contributed by atoms with Gasteiger partial charge in [-0.2, -0.15) is 8.42 Å². The molecule has 0 aromatic heterocycles. The molecule has 0 aliphatic rings. The molecule has 170 valence electrons. The first-order valence-electron chi connectivity index (χ1n) is 11.6. The van der Waals surface area contributed by atoms with Crippen molar-refractivity contribution in [2.24, 2.45) is 0 Å². The van der Waals surface area contributed by atoms with Crippen LogP contribution in [0.15, 0.2) is 24.3 Å². The fourth-order valence-electron chi connectivity index (χ4n) is 3.59.